The molecule has 1 aliphatic heterocycles. The van der Waals surface area contributed by atoms with Crippen LogP contribution in [-0.2, 0) is 13.5 Å². The van der Waals surface area contributed by atoms with Gasteiger partial charge >= 0.3 is 0 Å². The summed E-state index contributed by atoms with van der Waals surface area (Å²) < 4.78 is 2.28. The molecule has 2 nitrogen and oxygen atoms in total. The molecule has 0 spiro atoms. The van der Waals surface area contributed by atoms with Gasteiger partial charge in [0.1, 0.15) is 7.05 Å². The molecule has 134 valence electrons. The highest BCUT2D eigenvalue weighted by Crippen LogP contribution is 2.49. The van der Waals surface area contributed by atoms with Gasteiger partial charge in [0, 0.05) is 27.4 Å². The van der Waals surface area contributed by atoms with Crippen molar-refractivity contribution in [3.63, 3.8) is 0 Å². The standard InChI is InChI=1S/C24H23N2S/c1-14(2)10-16-11-17-7-9-26(4)24-22-15(3)18-6-5-8-25-19(18)13-21(22)27-20(12-16)23(17)24/h5-9,11-14H,10H2,1-4H3/q+1. The first-order chi connectivity index (χ1) is 13.0. The molecular weight excluding hydrogens is 348 g/mol. The summed E-state index contributed by atoms with van der Waals surface area (Å²) in [6.07, 6.45) is 5.20. The van der Waals surface area contributed by atoms with Gasteiger partial charge in [-0.1, -0.05) is 37.7 Å². The van der Waals surface area contributed by atoms with Gasteiger partial charge in [-0.2, -0.15) is 0 Å². The van der Waals surface area contributed by atoms with E-state index in [1.54, 1.807) is 0 Å². The smallest absolute Gasteiger partial charge is 0.222 e. The van der Waals surface area contributed by atoms with Crippen molar-refractivity contribution in [2.75, 3.05) is 0 Å². The Bertz CT molecular complexity index is 1220. The molecule has 3 heterocycles. The largest absolute Gasteiger partial charge is 0.256 e. The lowest BCUT2D eigenvalue weighted by Gasteiger charge is -2.21. The van der Waals surface area contributed by atoms with Gasteiger partial charge in [-0.25, -0.2) is 4.57 Å². The molecule has 0 fully saturated rings. The minimum absolute atomic E-state index is 0.658. The Morgan fingerprint density at radius 3 is 2.78 bits per heavy atom. The number of benzene rings is 2. The van der Waals surface area contributed by atoms with Crippen LogP contribution < -0.4 is 4.57 Å². The summed E-state index contributed by atoms with van der Waals surface area (Å²) in [6.45, 7) is 6.81. The normalized spacial score (nSPS) is 12.8. The minimum atomic E-state index is 0.658. The van der Waals surface area contributed by atoms with Crippen molar-refractivity contribution >= 4 is 33.4 Å². The maximum Gasteiger partial charge on any atom is 0.222 e. The second-order valence-electron chi connectivity index (χ2n) is 7.98. The van der Waals surface area contributed by atoms with Crippen molar-refractivity contribution in [2.45, 2.75) is 37.0 Å². The Morgan fingerprint density at radius 2 is 1.96 bits per heavy atom. The van der Waals surface area contributed by atoms with E-state index in [1.807, 2.05) is 24.0 Å². The Hall–Kier alpha value is -2.39. The lowest BCUT2D eigenvalue weighted by molar-refractivity contribution is -0.659. The predicted octanol–water partition coefficient (Wildman–Crippen LogP) is 5.85. The van der Waals surface area contributed by atoms with E-state index in [1.165, 1.54) is 48.3 Å². The van der Waals surface area contributed by atoms with Crippen LogP contribution in [0, 0.1) is 12.8 Å². The molecule has 0 radical (unpaired) electrons. The van der Waals surface area contributed by atoms with Gasteiger partial charge in [0.25, 0.3) is 0 Å². The van der Waals surface area contributed by atoms with Crippen molar-refractivity contribution in [1.29, 1.82) is 0 Å². The molecule has 0 N–H and O–H groups in total. The Morgan fingerprint density at radius 1 is 1.11 bits per heavy atom. The molecule has 0 amide bonds. The fourth-order valence-electron chi connectivity index (χ4n) is 4.35. The number of hydrogen-bond acceptors (Lipinski definition) is 2. The molecule has 0 saturated heterocycles. The summed E-state index contributed by atoms with van der Waals surface area (Å²) in [7, 11) is 2.16. The zero-order valence-corrected chi connectivity index (χ0v) is 17.0. The third-order valence-corrected chi connectivity index (χ3v) is 6.58. The van der Waals surface area contributed by atoms with Gasteiger partial charge in [0.05, 0.1) is 16.5 Å². The lowest BCUT2D eigenvalue weighted by Crippen LogP contribution is -2.31. The first-order valence-electron chi connectivity index (χ1n) is 9.54. The van der Waals surface area contributed by atoms with Crippen LogP contribution in [0.5, 0.6) is 0 Å². The van der Waals surface area contributed by atoms with Crippen molar-refractivity contribution in [1.82, 2.24) is 4.98 Å². The van der Waals surface area contributed by atoms with Crippen molar-refractivity contribution in [3.8, 4) is 11.3 Å². The van der Waals surface area contributed by atoms with Crippen LogP contribution in [0.3, 0.4) is 0 Å². The van der Waals surface area contributed by atoms with Crippen molar-refractivity contribution in [3.05, 3.63) is 59.9 Å². The zero-order chi connectivity index (χ0) is 18.7. The number of nitrogens with zero attached hydrogens (tertiary/aromatic N) is 2. The van der Waals surface area contributed by atoms with Crippen molar-refractivity contribution < 1.29 is 4.57 Å². The summed E-state index contributed by atoms with van der Waals surface area (Å²) in [6, 6.07) is 13.5. The predicted molar refractivity (Wildman–Crippen MR) is 113 cm³/mol. The Labute approximate surface area is 164 Å². The van der Waals surface area contributed by atoms with Crippen LogP contribution in [0.4, 0.5) is 0 Å². The Kier molecular flexibility index (Phi) is 3.76. The molecule has 27 heavy (non-hydrogen) atoms. The maximum atomic E-state index is 4.61. The summed E-state index contributed by atoms with van der Waals surface area (Å²) in [4.78, 5) is 7.30. The molecular formula is C24H23N2S+. The van der Waals surface area contributed by atoms with Crippen LogP contribution in [0.1, 0.15) is 25.0 Å². The Balaban J connectivity index is 1.88. The highest BCUT2D eigenvalue weighted by atomic mass is 32.2. The third-order valence-electron chi connectivity index (χ3n) is 5.49. The van der Waals surface area contributed by atoms with E-state index >= 15 is 0 Å². The van der Waals surface area contributed by atoms with Crippen LogP contribution >= 0.6 is 11.8 Å². The highest BCUT2D eigenvalue weighted by molar-refractivity contribution is 7.99. The molecule has 0 bridgehead atoms. The molecule has 0 aliphatic carbocycles. The van der Waals surface area contributed by atoms with Crippen LogP contribution in [-0.4, -0.2) is 4.98 Å². The molecule has 1 aliphatic rings. The van der Waals surface area contributed by atoms with Gasteiger partial charge in [0.15, 0.2) is 6.20 Å². The first-order valence-corrected chi connectivity index (χ1v) is 10.4. The number of aryl methyl sites for hydroxylation is 2. The minimum Gasteiger partial charge on any atom is -0.256 e. The molecule has 0 unspecified atom stereocenters. The van der Waals surface area contributed by atoms with Crippen molar-refractivity contribution in [2.24, 2.45) is 13.0 Å². The highest BCUT2D eigenvalue weighted by Gasteiger charge is 2.29. The van der Waals surface area contributed by atoms with Gasteiger partial charge in [0.2, 0.25) is 5.69 Å². The maximum absolute atomic E-state index is 4.61. The molecule has 2 aromatic heterocycles. The van der Waals surface area contributed by atoms with E-state index in [2.05, 4.69) is 73.9 Å². The fraction of sp³-hybridized carbons (Fsp3) is 0.250. The topological polar surface area (TPSA) is 16.8 Å². The fourth-order valence-corrected chi connectivity index (χ4v) is 5.64. The van der Waals surface area contributed by atoms with E-state index in [0.717, 1.165) is 11.9 Å². The lowest BCUT2D eigenvalue weighted by atomic mass is 9.94. The first kappa shape index (κ1) is 16.8. The molecule has 2 aromatic carbocycles. The summed E-state index contributed by atoms with van der Waals surface area (Å²) in [5.41, 5.74) is 6.52. The second kappa shape index (κ2) is 6.07. The number of hydrogen-bond donors (Lipinski definition) is 0. The SMILES string of the molecule is Cc1c2c(cc3ncccc13)Sc1cc(CC(C)C)cc3cc[n+](C)c-2c13. The van der Waals surface area contributed by atoms with E-state index in [-0.39, 0.29) is 0 Å². The van der Waals surface area contributed by atoms with Gasteiger partial charge < -0.3 is 0 Å². The van der Waals surface area contributed by atoms with Crippen LogP contribution in [0.2, 0.25) is 0 Å². The number of aromatic nitrogens is 2. The molecule has 3 heteroatoms. The summed E-state index contributed by atoms with van der Waals surface area (Å²) >= 11 is 1.90. The molecule has 4 aromatic rings. The van der Waals surface area contributed by atoms with Gasteiger partial charge in [-0.3, -0.25) is 4.98 Å². The van der Waals surface area contributed by atoms with Crippen LogP contribution in [0.25, 0.3) is 32.9 Å². The second-order valence-corrected chi connectivity index (χ2v) is 9.06. The number of rotatable bonds is 2. The van der Waals surface area contributed by atoms with Gasteiger partial charge in [-0.05, 0) is 54.0 Å². The monoisotopic (exact) mass is 371 g/mol. The van der Waals surface area contributed by atoms with E-state index in [9.17, 15) is 0 Å². The average Bonchev–Trinajstić information content (AvgIpc) is 2.63. The zero-order valence-electron chi connectivity index (χ0n) is 16.2. The summed E-state index contributed by atoms with van der Waals surface area (Å²) in [5, 5.41) is 3.98. The van der Waals surface area contributed by atoms with E-state index < -0.39 is 0 Å². The van der Waals surface area contributed by atoms with Gasteiger partial charge in [-0.15, -0.1) is 0 Å². The van der Waals surface area contributed by atoms with E-state index in [0.29, 0.717) is 5.92 Å². The molecule has 0 atom stereocenters. The molecule has 0 saturated carbocycles. The summed E-state index contributed by atoms with van der Waals surface area (Å²) in [5.74, 6) is 0.658. The van der Waals surface area contributed by atoms with Crippen LogP contribution in [0.15, 0.2) is 58.6 Å². The average molecular weight is 372 g/mol. The number of pyridine rings is 2. The number of fused-ring (bicyclic) bond motifs is 3. The quantitative estimate of drug-likeness (QED) is 0.362. The third kappa shape index (κ3) is 2.56. The molecule has 5 rings (SSSR count). The van der Waals surface area contributed by atoms with E-state index in [4.69, 9.17) is 0 Å².